The summed E-state index contributed by atoms with van der Waals surface area (Å²) >= 11 is 7.24. The number of anilines is 3. The van der Waals surface area contributed by atoms with Gasteiger partial charge in [-0.2, -0.15) is 4.98 Å². The van der Waals surface area contributed by atoms with E-state index in [0.717, 1.165) is 12.1 Å². The van der Waals surface area contributed by atoms with Gasteiger partial charge in [0.2, 0.25) is 5.95 Å². The van der Waals surface area contributed by atoms with Crippen molar-refractivity contribution in [1.29, 1.82) is 0 Å². The topological polar surface area (TPSA) is 75.9 Å². The van der Waals surface area contributed by atoms with Crippen molar-refractivity contribution in [3.63, 3.8) is 0 Å². The lowest BCUT2D eigenvalue weighted by Gasteiger charge is -2.11. The number of thiophene rings is 1. The van der Waals surface area contributed by atoms with Gasteiger partial charge in [-0.3, -0.25) is 5.43 Å². The molecular formula is C12H8ClF2N5S. The number of benzene rings is 1. The first-order valence-corrected chi connectivity index (χ1v) is 6.97. The first-order valence-electron chi connectivity index (χ1n) is 5.72. The van der Waals surface area contributed by atoms with Gasteiger partial charge in [-0.05, 0) is 17.5 Å². The third-order valence-corrected chi connectivity index (χ3v) is 3.81. The minimum atomic E-state index is -0.816. The monoisotopic (exact) mass is 327 g/mol. The molecule has 0 atom stereocenters. The Morgan fingerprint density at radius 2 is 2.05 bits per heavy atom. The van der Waals surface area contributed by atoms with E-state index >= 15 is 0 Å². The van der Waals surface area contributed by atoms with Gasteiger partial charge >= 0.3 is 0 Å². The van der Waals surface area contributed by atoms with Crippen molar-refractivity contribution in [3.8, 4) is 0 Å². The molecule has 0 bridgehead atoms. The molecule has 0 spiro atoms. The van der Waals surface area contributed by atoms with Crippen molar-refractivity contribution in [3.05, 3.63) is 40.2 Å². The second kappa shape index (κ2) is 5.40. The van der Waals surface area contributed by atoms with Crippen LogP contribution in [-0.2, 0) is 0 Å². The predicted molar refractivity (Wildman–Crippen MR) is 79.9 cm³/mol. The molecule has 2 aromatic heterocycles. The summed E-state index contributed by atoms with van der Waals surface area (Å²) in [4.78, 5) is 8.95. The summed E-state index contributed by atoms with van der Waals surface area (Å²) in [5, 5.41) is 5.16. The lowest BCUT2D eigenvalue weighted by atomic mass is 10.2. The number of nitrogens with two attached hydrogens (primary N) is 1. The van der Waals surface area contributed by atoms with Crippen LogP contribution in [0.4, 0.5) is 26.2 Å². The standard InChI is InChI=1S/C12H8ClF2N5S/c13-7-3-5(14)4-8(15)9(7)17-10-6-1-2-21-11(6)19-12(18-10)20-16/h1-4H,16H2,(H2,17,18,19,20). The Morgan fingerprint density at radius 3 is 2.76 bits per heavy atom. The van der Waals surface area contributed by atoms with E-state index in [0.29, 0.717) is 16.0 Å². The molecule has 0 aliphatic carbocycles. The van der Waals surface area contributed by atoms with Gasteiger partial charge in [0.05, 0.1) is 16.1 Å². The fourth-order valence-electron chi connectivity index (χ4n) is 1.80. The fourth-order valence-corrected chi connectivity index (χ4v) is 2.80. The largest absolute Gasteiger partial charge is 0.336 e. The summed E-state index contributed by atoms with van der Waals surface area (Å²) in [7, 11) is 0. The Kier molecular flexibility index (Phi) is 3.58. The molecule has 0 radical (unpaired) electrons. The highest BCUT2D eigenvalue weighted by Crippen LogP contribution is 2.33. The quantitative estimate of drug-likeness (QED) is 0.505. The normalized spacial score (nSPS) is 10.9. The highest BCUT2D eigenvalue weighted by Gasteiger charge is 2.14. The van der Waals surface area contributed by atoms with Crippen molar-refractivity contribution >= 4 is 50.6 Å². The number of hydrazine groups is 1. The maximum absolute atomic E-state index is 13.8. The average Bonchev–Trinajstić information content (AvgIpc) is 2.90. The molecule has 0 aliphatic heterocycles. The Balaban J connectivity index is 2.11. The van der Waals surface area contributed by atoms with Gasteiger partial charge in [0.25, 0.3) is 0 Å². The number of aromatic nitrogens is 2. The molecule has 4 N–H and O–H groups in total. The van der Waals surface area contributed by atoms with Crippen LogP contribution in [0, 0.1) is 11.6 Å². The van der Waals surface area contributed by atoms with Gasteiger partial charge in [-0.25, -0.2) is 19.6 Å². The molecule has 3 aromatic rings. The minimum absolute atomic E-state index is 0.0627. The van der Waals surface area contributed by atoms with E-state index in [1.807, 2.05) is 5.38 Å². The van der Waals surface area contributed by atoms with Crippen molar-refractivity contribution in [2.45, 2.75) is 0 Å². The zero-order valence-corrected chi connectivity index (χ0v) is 11.9. The zero-order valence-electron chi connectivity index (χ0n) is 10.3. The van der Waals surface area contributed by atoms with Crippen LogP contribution in [0.15, 0.2) is 23.6 Å². The second-order valence-electron chi connectivity index (χ2n) is 4.05. The summed E-state index contributed by atoms with van der Waals surface area (Å²) in [5.41, 5.74) is 2.27. The summed E-state index contributed by atoms with van der Waals surface area (Å²) < 4.78 is 26.9. The summed E-state index contributed by atoms with van der Waals surface area (Å²) in [6.45, 7) is 0. The molecule has 2 heterocycles. The third-order valence-electron chi connectivity index (χ3n) is 2.70. The van der Waals surface area contributed by atoms with Gasteiger partial charge < -0.3 is 5.32 Å². The number of nitrogen functional groups attached to an aromatic ring is 1. The van der Waals surface area contributed by atoms with E-state index in [1.165, 1.54) is 11.3 Å². The third kappa shape index (κ3) is 2.60. The van der Waals surface area contributed by atoms with Crippen LogP contribution in [0.25, 0.3) is 10.2 Å². The molecule has 3 rings (SSSR count). The van der Waals surface area contributed by atoms with Crippen LogP contribution in [-0.4, -0.2) is 9.97 Å². The van der Waals surface area contributed by atoms with Crippen LogP contribution < -0.4 is 16.6 Å². The molecule has 5 nitrogen and oxygen atoms in total. The molecule has 0 fully saturated rings. The lowest BCUT2D eigenvalue weighted by Crippen LogP contribution is -2.11. The maximum Gasteiger partial charge on any atom is 0.240 e. The molecule has 0 amide bonds. The Bertz CT molecular complexity index is 800. The van der Waals surface area contributed by atoms with Gasteiger partial charge in [-0.1, -0.05) is 11.6 Å². The smallest absolute Gasteiger partial charge is 0.240 e. The average molecular weight is 328 g/mol. The number of halogens is 3. The number of nitrogens with one attached hydrogen (secondary N) is 2. The first kappa shape index (κ1) is 13.9. The van der Waals surface area contributed by atoms with Crippen molar-refractivity contribution < 1.29 is 8.78 Å². The SMILES string of the molecule is NNc1nc(Nc2c(F)cc(F)cc2Cl)c2ccsc2n1. The number of fused-ring (bicyclic) bond motifs is 1. The van der Waals surface area contributed by atoms with Crippen molar-refractivity contribution in [1.82, 2.24) is 9.97 Å². The number of hydrogen-bond acceptors (Lipinski definition) is 6. The summed E-state index contributed by atoms with van der Waals surface area (Å²) in [6, 6.07) is 3.53. The Hall–Kier alpha value is -2.03. The van der Waals surface area contributed by atoms with Gasteiger partial charge in [0, 0.05) is 6.07 Å². The van der Waals surface area contributed by atoms with Gasteiger partial charge in [0.15, 0.2) is 5.82 Å². The van der Waals surface area contributed by atoms with Crippen LogP contribution in [0.5, 0.6) is 0 Å². The molecule has 0 unspecified atom stereocenters. The summed E-state index contributed by atoms with van der Waals surface area (Å²) in [5.74, 6) is 4.23. The number of hydrogen-bond donors (Lipinski definition) is 3. The molecule has 0 saturated carbocycles. The molecular weight excluding hydrogens is 320 g/mol. The van der Waals surface area contributed by atoms with Crippen LogP contribution in [0.2, 0.25) is 5.02 Å². The van der Waals surface area contributed by atoms with Gasteiger partial charge in [-0.15, -0.1) is 11.3 Å². The fraction of sp³-hybridized carbons (Fsp3) is 0. The van der Waals surface area contributed by atoms with Crippen LogP contribution >= 0.6 is 22.9 Å². The maximum atomic E-state index is 13.8. The van der Waals surface area contributed by atoms with E-state index in [-0.39, 0.29) is 16.7 Å². The molecule has 9 heteroatoms. The highest BCUT2D eigenvalue weighted by atomic mass is 35.5. The first-order chi connectivity index (χ1) is 10.1. The molecule has 21 heavy (non-hydrogen) atoms. The molecule has 108 valence electrons. The van der Waals surface area contributed by atoms with E-state index in [2.05, 4.69) is 20.7 Å². The lowest BCUT2D eigenvalue weighted by molar-refractivity contribution is 0.586. The highest BCUT2D eigenvalue weighted by molar-refractivity contribution is 7.16. The summed E-state index contributed by atoms with van der Waals surface area (Å²) in [6.07, 6.45) is 0. The second-order valence-corrected chi connectivity index (χ2v) is 5.35. The van der Waals surface area contributed by atoms with E-state index in [1.54, 1.807) is 6.07 Å². The Morgan fingerprint density at radius 1 is 1.24 bits per heavy atom. The van der Waals surface area contributed by atoms with Gasteiger partial charge in [0.1, 0.15) is 16.5 Å². The molecule has 0 aliphatic rings. The van der Waals surface area contributed by atoms with E-state index in [9.17, 15) is 8.78 Å². The van der Waals surface area contributed by atoms with Crippen molar-refractivity contribution in [2.24, 2.45) is 5.84 Å². The zero-order chi connectivity index (χ0) is 15.0. The van der Waals surface area contributed by atoms with E-state index < -0.39 is 11.6 Å². The Labute approximate surface area is 126 Å². The number of nitrogens with zero attached hydrogens (tertiary/aromatic N) is 2. The van der Waals surface area contributed by atoms with Crippen LogP contribution in [0.1, 0.15) is 0 Å². The van der Waals surface area contributed by atoms with Crippen LogP contribution in [0.3, 0.4) is 0 Å². The molecule has 0 saturated heterocycles. The van der Waals surface area contributed by atoms with Crippen molar-refractivity contribution in [2.75, 3.05) is 10.7 Å². The minimum Gasteiger partial charge on any atom is -0.336 e. The van der Waals surface area contributed by atoms with E-state index in [4.69, 9.17) is 17.4 Å². The number of rotatable bonds is 3. The molecule has 1 aromatic carbocycles. The predicted octanol–water partition coefficient (Wildman–Crippen LogP) is 3.65.